The van der Waals surface area contributed by atoms with E-state index in [9.17, 15) is 4.39 Å². The lowest BCUT2D eigenvalue weighted by Gasteiger charge is -2.33. The van der Waals surface area contributed by atoms with Crippen LogP contribution in [0.2, 0.25) is 0 Å². The van der Waals surface area contributed by atoms with Gasteiger partial charge in [-0.2, -0.15) is 0 Å². The summed E-state index contributed by atoms with van der Waals surface area (Å²) in [4.78, 5) is 0. The van der Waals surface area contributed by atoms with E-state index in [1.54, 1.807) is 0 Å². The van der Waals surface area contributed by atoms with Crippen molar-refractivity contribution in [2.75, 3.05) is 6.54 Å². The van der Waals surface area contributed by atoms with Crippen LogP contribution in [0, 0.1) is 12.7 Å². The Kier molecular flexibility index (Phi) is 4.07. The third-order valence-corrected chi connectivity index (χ3v) is 4.53. The fourth-order valence-electron chi connectivity index (χ4n) is 3.36. The van der Waals surface area contributed by atoms with Gasteiger partial charge >= 0.3 is 0 Å². The van der Waals surface area contributed by atoms with E-state index in [1.165, 1.54) is 11.1 Å². The number of hydrogen-bond donors (Lipinski definition) is 1. The number of nitrogens with one attached hydrogen (secondary N) is 1. The van der Waals surface area contributed by atoms with Gasteiger partial charge in [-0.3, -0.25) is 0 Å². The Balaban J connectivity index is 1.82. The van der Waals surface area contributed by atoms with Gasteiger partial charge in [-0.1, -0.05) is 49.4 Å². The molecule has 2 aromatic rings. The molecule has 0 heterocycles. The lowest BCUT2D eigenvalue weighted by Crippen LogP contribution is -2.27. The van der Waals surface area contributed by atoms with Crippen LogP contribution >= 0.6 is 0 Å². The molecule has 1 aliphatic rings. The summed E-state index contributed by atoms with van der Waals surface area (Å²) in [7, 11) is 0. The first kappa shape index (κ1) is 14.3. The predicted molar refractivity (Wildman–Crippen MR) is 85.1 cm³/mol. The van der Waals surface area contributed by atoms with Gasteiger partial charge in [-0.05, 0) is 48.9 Å². The zero-order valence-electron chi connectivity index (χ0n) is 12.7. The monoisotopic (exact) mass is 283 g/mol. The standard InChI is InChI=1S/C19H22FN/c1-3-21-18(17-10-6-7-13(2)19(17)20)12-15-11-14-8-4-5-9-16(14)15/h4-10,15,18,21H,3,11-12H2,1-2H3. The Bertz CT molecular complexity index is 635. The highest BCUT2D eigenvalue weighted by Crippen LogP contribution is 2.41. The lowest BCUT2D eigenvalue weighted by molar-refractivity contribution is 0.421. The summed E-state index contributed by atoms with van der Waals surface area (Å²) in [6, 6.07) is 14.4. The Morgan fingerprint density at radius 1 is 1.19 bits per heavy atom. The number of aryl methyl sites for hydroxylation is 1. The fourth-order valence-corrected chi connectivity index (χ4v) is 3.36. The molecule has 1 aliphatic carbocycles. The molecule has 110 valence electrons. The summed E-state index contributed by atoms with van der Waals surface area (Å²) < 4.78 is 14.4. The maximum atomic E-state index is 14.4. The van der Waals surface area contributed by atoms with Crippen molar-refractivity contribution in [3.63, 3.8) is 0 Å². The van der Waals surface area contributed by atoms with E-state index in [4.69, 9.17) is 0 Å². The smallest absolute Gasteiger partial charge is 0.130 e. The number of halogens is 1. The molecule has 0 aliphatic heterocycles. The molecule has 0 spiro atoms. The number of rotatable bonds is 5. The highest BCUT2D eigenvalue weighted by Gasteiger charge is 2.29. The van der Waals surface area contributed by atoms with Gasteiger partial charge in [-0.25, -0.2) is 4.39 Å². The predicted octanol–water partition coefficient (Wildman–Crippen LogP) is 4.51. The van der Waals surface area contributed by atoms with Crippen LogP contribution in [0.5, 0.6) is 0 Å². The van der Waals surface area contributed by atoms with Crippen LogP contribution in [0.4, 0.5) is 4.39 Å². The molecule has 0 aromatic heterocycles. The Morgan fingerprint density at radius 2 is 2.00 bits per heavy atom. The van der Waals surface area contributed by atoms with Crippen LogP contribution < -0.4 is 5.32 Å². The first-order chi connectivity index (χ1) is 10.2. The van der Waals surface area contributed by atoms with Crippen LogP contribution in [0.1, 0.15) is 47.6 Å². The number of hydrogen-bond acceptors (Lipinski definition) is 1. The van der Waals surface area contributed by atoms with Crippen molar-refractivity contribution in [2.45, 2.75) is 38.6 Å². The van der Waals surface area contributed by atoms with Crippen molar-refractivity contribution in [1.29, 1.82) is 0 Å². The molecule has 0 saturated carbocycles. The maximum Gasteiger partial charge on any atom is 0.130 e. The first-order valence-electron chi connectivity index (χ1n) is 7.77. The zero-order valence-corrected chi connectivity index (χ0v) is 12.7. The molecule has 0 bridgehead atoms. The maximum absolute atomic E-state index is 14.4. The van der Waals surface area contributed by atoms with Gasteiger partial charge in [0, 0.05) is 11.6 Å². The van der Waals surface area contributed by atoms with Crippen LogP contribution in [-0.2, 0) is 6.42 Å². The molecule has 0 amide bonds. The summed E-state index contributed by atoms with van der Waals surface area (Å²) in [6.07, 6.45) is 2.08. The fraction of sp³-hybridized carbons (Fsp3) is 0.368. The first-order valence-corrected chi connectivity index (χ1v) is 7.77. The van der Waals surface area contributed by atoms with E-state index in [0.717, 1.165) is 30.5 Å². The summed E-state index contributed by atoms with van der Waals surface area (Å²) in [5, 5.41) is 3.46. The second-order valence-corrected chi connectivity index (χ2v) is 5.92. The van der Waals surface area contributed by atoms with Crippen molar-refractivity contribution in [3.8, 4) is 0 Å². The Hall–Kier alpha value is -1.67. The average Bonchev–Trinajstić information content (AvgIpc) is 2.47. The summed E-state index contributed by atoms with van der Waals surface area (Å²) >= 11 is 0. The molecule has 1 N–H and O–H groups in total. The van der Waals surface area contributed by atoms with E-state index in [0.29, 0.717) is 5.92 Å². The van der Waals surface area contributed by atoms with Crippen molar-refractivity contribution in [1.82, 2.24) is 5.32 Å². The molecule has 2 aromatic carbocycles. The molecule has 2 atom stereocenters. The highest BCUT2D eigenvalue weighted by molar-refractivity contribution is 5.40. The molecule has 0 radical (unpaired) electrons. The molecule has 2 unspecified atom stereocenters. The van der Waals surface area contributed by atoms with Gasteiger partial charge in [0.1, 0.15) is 5.82 Å². The third-order valence-electron chi connectivity index (χ3n) is 4.53. The third kappa shape index (κ3) is 2.73. The number of benzene rings is 2. The molecule has 21 heavy (non-hydrogen) atoms. The van der Waals surface area contributed by atoms with Gasteiger partial charge in [0.15, 0.2) is 0 Å². The van der Waals surface area contributed by atoms with Crippen LogP contribution in [0.25, 0.3) is 0 Å². The summed E-state index contributed by atoms with van der Waals surface area (Å²) in [5.74, 6) is 0.487. The number of fused-ring (bicyclic) bond motifs is 1. The normalized spacial score (nSPS) is 18.0. The molecule has 0 saturated heterocycles. The molecule has 1 nitrogen and oxygen atoms in total. The molecular formula is C19H22FN. The molecule has 3 rings (SSSR count). The van der Waals surface area contributed by atoms with Gasteiger partial charge in [0.05, 0.1) is 0 Å². The van der Waals surface area contributed by atoms with Crippen molar-refractivity contribution >= 4 is 0 Å². The van der Waals surface area contributed by atoms with Gasteiger partial charge in [0.25, 0.3) is 0 Å². The topological polar surface area (TPSA) is 12.0 Å². The zero-order chi connectivity index (χ0) is 14.8. The minimum Gasteiger partial charge on any atom is -0.310 e. The van der Waals surface area contributed by atoms with E-state index in [1.807, 2.05) is 25.1 Å². The molecular weight excluding hydrogens is 261 g/mol. The minimum absolute atomic E-state index is 0.0592. The van der Waals surface area contributed by atoms with E-state index in [2.05, 4.69) is 36.5 Å². The van der Waals surface area contributed by atoms with Gasteiger partial charge < -0.3 is 5.32 Å². The Labute approximate surface area is 126 Å². The summed E-state index contributed by atoms with van der Waals surface area (Å²) in [6.45, 7) is 4.77. The van der Waals surface area contributed by atoms with Crippen LogP contribution in [0.15, 0.2) is 42.5 Å². The second kappa shape index (κ2) is 5.98. The van der Waals surface area contributed by atoms with Crippen LogP contribution in [0.3, 0.4) is 0 Å². The Morgan fingerprint density at radius 3 is 2.76 bits per heavy atom. The van der Waals surface area contributed by atoms with Crippen molar-refractivity contribution < 1.29 is 4.39 Å². The lowest BCUT2D eigenvalue weighted by atomic mass is 9.73. The van der Waals surface area contributed by atoms with Crippen molar-refractivity contribution in [2.24, 2.45) is 0 Å². The highest BCUT2D eigenvalue weighted by atomic mass is 19.1. The van der Waals surface area contributed by atoms with Crippen molar-refractivity contribution in [3.05, 3.63) is 70.5 Å². The largest absolute Gasteiger partial charge is 0.310 e. The summed E-state index contributed by atoms with van der Waals surface area (Å²) in [5.41, 5.74) is 4.42. The van der Waals surface area contributed by atoms with Gasteiger partial charge in [-0.15, -0.1) is 0 Å². The van der Waals surface area contributed by atoms with Crippen LogP contribution in [-0.4, -0.2) is 6.54 Å². The minimum atomic E-state index is -0.0592. The van der Waals surface area contributed by atoms with E-state index >= 15 is 0 Å². The molecule has 0 fully saturated rings. The van der Waals surface area contributed by atoms with Gasteiger partial charge in [0.2, 0.25) is 0 Å². The van der Waals surface area contributed by atoms with E-state index in [-0.39, 0.29) is 11.9 Å². The second-order valence-electron chi connectivity index (χ2n) is 5.92. The quantitative estimate of drug-likeness (QED) is 0.851. The SMILES string of the molecule is CCNC(CC1Cc2ccccc21)c1cccc(C)c1F. The average molecular weight is 283 g/mol. The molecule has 2 heteroatoms. The van der Waals surface area contributed by atoms with E-state index < -0.39 is 0 Å².